The summed E-state index contributed by atoms with van der Waals surface area (Å²) in [6.07, 6.45) is 1.96. The highest BCUT2D eigenvalue weighted by Crippen LogP contribution is 2.29. The lowest BCUT2D eigenvalue weighted by Gasteiger charge is -2.34. The van der Waals surface area contributed by atoms with Crippen molar-refractivity contribution in [2.75, 3.05) is 13.2 Å². The fraction of sp³-hybridized carbons (Fsp3) is 0.571. The lowest BCUT2D eigenvalue weighted by Crippen LogP contribution is -2.50. The molecule has 1 atom stereocenters. The van der Waals surface area contributed by atoms with E-state index in [0.717, 1.165) is 18.6 Å². The number of benzene rings is 1. The zero-order valence-electron chi connectivity index (χ0n) is 10.6. The van der Waals surface area contributed by atoms with Crippen molar-refractivity contribution in [2.45, 2.75) is 38.3 Å². The van der Waals surface area contributed by atoms with E-state index in [1.165, 1.54) is 5.56 Å². The van der Waals surface area contributed by atoms with Gasteiger partial charge in [0.05, 0.1) is 11.6 Å². The third-order valence-electron chi connectivity index (χ3n) is 3.08. The summed E-state index contributed by atoms with van der Waals surface area (Å²) in [7, 11) is 0. The van der Waals surface area contributed by atoms with Crippen molar-refractivity contribution >= 4 is 0 Å². The molecule has 94 valence electrons. The largest absolute Gasteiger partial charge is 0.491 e. The van der Waals surface area contributed by atoms with Crippen LogP contribution in [0.3, 0.4) is 0 Å². The number of hydrogen-bond donors (Lipinski definition) is 1. The topological polar surface area (TPSA) is 44.5 Å². The van der Waals surface area contributed by atoms with Gasteiger partial charge in [-0.2, -0.15) is 0 Å². The summed E-state index contributed by atoms with van der Waals surface area (Å²) >= 11 is 0. The first-order valence-corrected chi connectivity index (χ1v) is 6.20. The molecule has 1 aliphatic heterocycles. The summed E-state index contributed by atoms with van der Waals surface area (Å²) in [6.45, 7) is 5.34. The van der Waals surface area contributed by atoms with E-state index in [-0.39, 0.29) is 11.6 Å². The molecule has 1 aromatic carbocycles. The molecular formula is C14H21NO2. The second-order valence-electron chi connectivity index (χ2n) is 5.11. The van der Waals surface area contributed by atoms with Crippen molar-refractivity contribution in [3.8, 4) is 5.75 Å². The van der Waals surface area contributed by atoms with Crippen molar-refractivity contribution in [1.29, 1.82) is 0 Å². The summed E-state index contributed by atoms with van der Waals surface area (Å²) < 4.78 is 11.3. The summed E-state index contributed by atoms with van der Waals surface area (Å²) in [5.74, 6) is 0.971. The van der Waals surface area contributed by atoms with Gasteiger partial charge in [-0.15, -0.1) is 0 Å². The maximum atomic E-state index is 6.36. The van der Waals surface area contributed by atoms with Crippen molar-refractivity contribution in [3.63, 3.8) is 0 Å². The van der Waals surface area contributed by atoms with Crippen LogP contribution in [0.25, 0.3) is 0 Å². The Morgan fingerprint density at radius 2 is 2.18 bits per heavy atom. The van der Waals surface area contributed by atoms with E-state index in [1.807, 2.05) is 32.0 Å². The number of rotatable bonds is 4. The average Bonchev–Trinajstić information content (AvgIpc) is 2.28. The Morgan fingerprint density at radius 3 is 2.94 bits per heavy atom. The van der Waals surface area contributed by atoms with E-state index in [1.54, 1.807) is 0 Å². The summed E-state index contributed by atoms with van der Waals surface area (Å²) in [6, 6.07) is 8.10. The lowest BCUT2D eigenvalue weighted by molar-refractivity contribution is 0.0540. The normalized spacial score (nSPS) is 23.3. The van der Waals surface area contributed by atoms with Gasteiger partial charge in [-0.25, -0.2) is 0 Å². The van der Waals surface area contributed by atoms with Gasteiger partial charge in [-0.3, -0.25) is 0 Å². The fourth-order valence-electron chi connectivity index (χ4n) is 2.10. The number of hydrogen-bond acceptors (Lipinski definition) is 3. The molecule has 0 fully saturated rings. The van der Waals surface area contributed by atoms with Gasteiger partial charge >= 0.3 is 0 Å². The van der Waals surface area contributed by atoms with E-state index in [4.69, 9.17) is 15.2 Å². The van der Waals surface area contributed by atoms with Crippen molar-refractivity contribution in [3.05, 3.63) is 29.8 Å². The molecule has 3 nitrogen and oxygen atoms in total. The van der Waals surface area contributed by atoms with E-state index >= 15 is 0 Å². The van der Waals surface area contributed by atoms with Crippen LogP contribution >= 0.6 is 0 Å². The zero-order chi connectivity index (χ0) is 12.3. The standard InChI is InChI=1S/C14H21NO2/c1-11(2)16-8-7-14(15)9-12-5-3-4-6-13(12)17-10-14/h3-6,11H,7-10,15H2,1-2H3. The number of fused-ring (bicyclic) bond motifs is 1. The molecule has 1 heterocycles. The molecule has 1 unspecified atom stereocenters. The fourth-order valence-corrected chi connectivity index (χ4v) is 2.10. The molecule has 0 aromatic heterocycles. The molecule has 3 heteroatoms. The first-order valence-electron chi connectivity index (χ1n) is 6.20. The number of nitrogens with two attached hydrogens (primary N) is 1. The third kappa shape index (κ3) is 3.20. The lowest BCUT2D eigenvalue weighted by atomic mass is 9.87. The Labute approximate surface area is 103 Å². The van der Waals surface area contributed by atoms with Gasteiger partial charge in [-0.1, -0.05) is 18.2 Å². The van der Waals surface area contributed by atoms with E-state index in [2.05, 4.69) is 6.07 Å². The van der Waals surface area contributed by atoms with E-state index in [0.29, 0.717) is 13.2 Å². The van der Waals surface area contributed by atoms with E-state index in [9.17, 15) is 0 Å². The molecule has 2 N–H and O–H groups in total. The predicted molar refractivity (Wildman–Crippen MR) is 68.3 cm³/mol. The van der Waals surface area contributed by atoms with Gasteiger partial charge < -0.3 is 15.2 Å². The summed E-state index contributed by atoms with van der Waals surface area (Å²) in [4.78, 5) is 0. The molecule has 1 aromatic rings. The SMILES string of the molecule is CC(C)OCCC1(N)COc2ccccc2C1. The van der Waals surface area contributed by atoms with Crippen LogP contribution in [0.2, 0.25) is 0 Å². The van der Waals surface area contributed by atoms with Crippen molar-refractivity contribution in [1.82, 2.24) is 0 Å². The molecule has 1 aliphatic rings. The summed E-state index contributed by atoms with van der Waals surface area (Å²) in [5, 5.41) is 0. The smallest absolute Gasteiger partial charge is 0.122 e. The zero-order valence-corrected chi connectivity index (χ0v) is 10.6. The first-order chi connectivity index (χ1) is 8.09. The predicted octanol–water partition coefficient (Wildman–Crippen LogP) is 2.13. The second-order valence-corrected chi connectivity index (χ2v) is 5.11. The molecule has 0 spiro atoms. The maximum absolute atomic E-state index is 6.36. The molecule has 0 saturated heterocycles. The molecule has 2 rings (SSSR count). The van der Waals surface area contributed by atoms with Crippen LogP contribution in [0, 0.1) is 0 Å². The highest BCUT2D eigenvalue weighted by atomic mass is 16.5. The van der Waals surface area contributed by atoms with E-state index < -0.39 is 0 Å². The van der Waals surface area contributed by atoms with Crippen LogP contribution in [0.5, 0.6) is 5.75 Å². The molecule has 17 heavy (non-hydrogen) atoms. The monoisotopic (exact) mass is 235 g/mol. The third-order valence-corrected chi connectivity index (χ3v) is 3.08. The van der Waals surface area contributed by atoms with Crippen LogP contribution < -0.4 is 10.5 Å². The minimum atomic E-state index is -0.288. The average molecular weight is 235 g/mol. The molecule has 0 bridgehead atoms. The van der Waals surface area contributed by atoms with Gasteiger partial charge in [0.15, 0.2) is 0 Å². The number of para-hydroxylation sites is 1. The van der Waals surface area contributed by atoms with Gasteiger partial charge in [0, 0.05) is 6.61 Å². The molecular weight excluding hydrogens is 214 g/mol. The maximum Gasteiger partial charge on any atom is 0.122 e. The van der Waals surface area contributed by atoms with Crippen molar-refractivity contribution in [2.24, 2.45) is 5.73 Å². The van der Waals surface area contributed by atoms with Crippen LogP contribution in [-0.4, -0.2) is 24.9 Å². The Bertz CT molecular complexity index is 378. The van der Waals surface area contributed by atoms with Gasteiger partial charge in [0.25, 0.3) is 0 Å². The van der Waals surface area contributed by atoms with Crippen LogP contribution in [0.15, 0.2) is 24.3 Å². The van der Waals surface area contributed by atoms with Gasteiger partial charge in [-0.05, 0) is 38.3 Å². The molecule has 0 aliphatic carbocycles. The van der Waals surface area contributed by atoms with Crippen LogP contribution in [0.4, 0.5) is 0 Å². The Morgan fingerprint density at radius 1 is 1.41 bits per heavy atom. The number of ether oxygens (including phenoxy) is 2. The summed E-state index contributed by atoms with van der Waals surface area (Å²) in [5.41, 5.74) is 7.27. The molecule has 0 saturated carbocycles. The quantitative estimate of drug-likeness (QED) is 0.869. The Hall–Kier alpha value is -1.06. The molecule has 0 amide bonds. The van der Waals surface area contributed by atoms with Crippen LogP contribution in [-0.2, 0) is 11.2 Å². The Balaban J connectivity index is 1.95. The molecule has 0 radical (unpaired) electrons. The highest BCUT2D eigenvalue weighted by Gasteiger charge is 2.31. The highest BCUT2D eigenvalue weighted by molar-refractivity contribution is 5.36. The second kappa shape index (κ2) is 5.07. The van der Waals surface area contributed by atoms with Crippen molar-refractivity contribution < 1.29 is 9.47 Å². The minimum absolute atomic E-state index is 0.260. The Kier molecular flexibility index (Phi) is 3.69. The van der Waals surface area contributed by atoms with Gasteiger partial charge in [0.1, 0.15) is 12.4 Å². The first kappa shape index (κ1) is 12.4. The van der Waals surface area contributed by atoms with Gasteiger partial charge in [0.2, 0.25) is 0 Å². The van der Waals surface area contributed by atoms with Crippen LogP contribution in [0.1, 0.15) is 25.8 Å². The minimum Gasteiger partial charge on any atom is -0.491 e.